The third-order valence-electron chi connectivity index (χ3n) is 4.90. The third kappa shape index (κ3) is 4.66. The highest BCUT2D eigenvalue weighted by Crippen LogP contribution is 2.37. The monoisotopic (exact) mass is 288 g/mol. The number of ketones is 2. The molecular formula is C19H28O2. The van der Waals surface area contributed by atoms with Gasteiger partial charge in [0.2, 0.25) is 0 Å². The van der Waals surface area contributed by atoms with Gasteiger partial charge in [0, 0.05) is 12.8 Å². The van der Waals surface area contributed by atoms with E-state index in [1.165, 1.54) is 11.1 Å². The molecule has 0 N–H and O–H groups in total. The molecule has 2 rings (SSSR count). The zero-order valence-corrected chi connectivity index (χ0v) is 13.9. The Hall–Kier alpha value is -1.18. The summed E-state index contributed by atoms with van der Waals surface area (Å²) in [4.78, 5) is 23.5. The van der Waals surface area contributed by atoms with Gasteiger partial charge in [-0.15, -0.1) is 0 Å². The summed E-state index contributed by atoms with van der Waals surface area (Å²) in [5.41, 5.74) is 2.64. The van der Waals surface area contributed by atoms with E-state index in [-0.39, 0.29) is 17.0 Å². The number of hydrogen-bond acceptors (Lipinski definition) is 2. The Labute approximate surface area is 128 Å². The Morgan fingerprint density at radius 2 is 1.86 bits per heavy atom. The molecule has 0 aliphatic heterocycles. The summed E-state index contributed by atoms with van der Waals surface area (Å²) in [6.07, 6.45) is 9.22. The van der Waals surface area contributed by atoms with Gasteiger partial charge in [-0.1, -0.05) is 31.9 Å². The summed E-state index contributed by atoms with van der Waals surface area (Å²) in [5, 5.41) is 0. The lowest BCUT2D eigenvalue weighted by atomic mass is 9.74. The first kappa shape index (κ1) is 16.2. The van der Waals surface area contributed by atoms with E-state index in [1.54, 1.807) is 6.08 Å². The van der Waals surface area contributed by atoms with Crippen LogP contribution < -0.4 is 0 Å². The van der Waals surface area contributed by atoms with Crippen LogP contribution >= 0.6 is 0 Å². The van der Waals surface area contributed by atoms with E-state index in [9.17, 15) is 9.59 Å². The zero-order valence-electron chi connectivity index (χ0n) is 13.9. The number of carbonyl (C=O) groups excluding carboxylic acids is 2. The van der Waals surface area contributed by atoms with Crippen LogP contribution in [0, 0.1) is 17.3 Å². The standard InChI is InChI=1S/C19H28O2/c1-13-7-16(10-17(20)8-13)14(2)5-6-15-9-18(21)12-19(3,4)11-15/h8-9,14,16H,5-7,10-12H2,1-4H3. The van der Waals surface area contributed by atoms with E-state index >= 15 is 0 Å². The van der Waals surface area contributed by atoms with Gasteiger partial charge in [0.25, 0.3) is 0 Å². The second-order valence-corrected chi connectivity index (χ2v) is 7.93. The highest BCUT2D eigenvalue weighted by Gasteiger charge is 2.28. The van der Waals surface area contributed by atoms with E-state index in [1.807, 2.05) is 6.08 Å². The topological polar surface area (TPSA) is 34.1 Å². The average molecular weight is 288 g/mol. The van der Waals surface area contributed by atoms with Gasteiger partial charge in [-0.05, 0) is 62.0 Å². The van der Waals surface area contributed by atoms with E-state index in [0.29, 0.717) is 24.7 Å². The maximum atomic E-state index is 11.8. The molecule has 0 amide bonds. The fraction of sp³-hybridized carbons (Fsp3) is 0.684. The summed E-state index contributed by atoms with van der Waals surface area (Å²) in [6, 6.07) is 0. The van der Waals surface area contributed by atoms with Crippen molar-refractivity contribution in [3.63, 3.8) is 0 Å². The summed E-state index contributed by atoms with van der Waals surface area (Å²) >= 11 is 0. The Kier molecular flexibility index (Phi) is 4.85. The SMILES string of the molecule is CC1=CC(=O)CC(C(C)CCC2=CC(=O)CC(C)(C)C2)C1. The molecule has 0 bridgehead atoms. The lowest BCUT2D eigenvalue weighted by Crippen LogP contribution is -2.23. The number of hydrogen-bond donors (Lipinski definition) is 0. The third-order valence-corrected chi connectivity index (χ3v) is 4.90. The minimum atomic E-state index is 0.116. The maximum Gasteiger partial charge on any atom is 0.156 e. The van der Waals surface area contributed by atoms with Crippen LogP contribution in [0.4, 0.5) is 0 Å². The van der Waals surface area contributed by atoms with Gasteiger partial charge in [0.05, 0.1) is 0 Å². The molecule has 0 saturated heterocycles. The Balaban J connectivity index is 1.90. The molecule has 2 heteroatoms. The predicted octanol–water partition coefficient (Wildman–Crippen LogP) is 4.64. The second kappa shape index (κ2) is 6.29. The van der Waals surface area contributed by atoms with Crippen LogP contribution in [0.2, 0.25) is 0 Å². The first-order valence-corrected chi connectivity index (χ1v) is 8.17. The summed E-state index contributed by atoms with van der Waals surface area (Å²) in [7, 11) is 0. The van der Waals surface area contributed by atoms with Gasteiger partial charge in [0.15, 0.2) is 11.6 Å². The van der Waals surface area contributed by atoms with Crippen LogP contribution in [-0.4, -0.2) is 11.6 Å². The van der Waals surface area contributed by atoms with E-state index < -0.39 is 0 Å². The number of carbonyl (C=O) groups is 2. The van der Waals surface area contributed by atoms with Gasteiger partial charge < -0.3 is 0 Å². The predicted molar refractivity (Wildman–Crippen MR) is 86.0 cm³/mol. The van der Waals surface area contributed by atoms with E-state index in [4.69, 9.17) is 0 Å². The molecule has 2 unspecified atom stereocenters. The van der Waals surface area contributed by atoms with Crippen molar-refractivity contribution in [1.82, 2.24) is 0 Å². The number of rotatable bonds is 4. The fourth-order valence-corrected chi connectivity index (χ4v) is 3.83. The summed E-state index contributed by atoms with van der Waals surface area (Å²) in [6.45, 7) is 8.67. The molecule has 116 valence electrons. The van der Waals surface area contributed by atoms with Crippen molar-refractivity contribution in [2.75, 3.05) is 0 Å². The van der Waals surface area contributed by atoms with E-state index in [0.717, 1.165) is 25.7 Å². The summed E-state index contributed by atoms with van der Waals surface area (Å²) in [5.74, 6) is 1.58. The van der Waals surface area contributed by atoms with Crippen LogP contribution in [0.5, 0.6) is 0 Å². The minimum Gasteiger partial charge on any atom is -0.295 e. The van der Waals surface area contributed by atoms with Crippen molar-refractivity contribution < 1.29 is 9.59 Å². The maximum absolute atomic E-state index is 11.8. The van der Waals surface area contributed by atoms with Crippen molar-refractivity contribution >= 4 is 11.6 Å². The Morgan fingerprint density at radius 3 is 2.48 bits per heavy atom. The molecule has 0 aromatic rings. The highest BCUT2D eigenvalue weighted by molar-refractivity contribution is 5.92. The summed E-state index contributed by atoms with van der Waals surface area (Å²) < 4.78 is 0. The molecule has 0 spiro atoms. The smallest absolute Gasteiger partial charge is 0.156 e. The molecule has 21 heavy (non-hydrogen) atoms. The Morgan fingerprint density at radius 1 is 1.14 bits per heavy atom. The van der Waals surface area contributed by atoms with Crippen LogP contribution in [0.15, 0.2) is 23.3 Å². The van der Waals surface area contributed by atoms with Crippen molar-refractivity contribution in [3.8, 4) is 0 Å². The van der Waals surface area contributed by atoms with Gasteiger partial charge in [-0.2, -0.15) is 0 Å². The van der Waals surface area contributed by atoms with Crippen LogP contribution in [0.3, 0.4) is 0 Å². The average Bonchev–Trinajstić information content (AvgIpc) is 2.32. The molecule has 0 aromatic carbocycles. The molecule has 2 aliphatic carbocycles. The van der Waals surface area contributed by atoms with E-state index in [2.05, 4.69) is 27.7 Å². The van der Waals surface area contributed by atoms with Gasteiger partial charge >= 0.3 is 0 Å². The minimum absolute atomic E-state index is 0.116. The normalized spacial score (nSPS) is 27.1. The van der Waals surface area contributed by atoms with Crippen LogP contribution in [-0.2, 0) is 9.59 Å². The lowest BCUT2D eigenvalue weighted by Gasteiger charge is -2.30. The molecule has 0 radical (unpaired) electrons. The molecule has 0 heterocycles. The molecule has 0 aromatic heterocycles. The van der Waals surface area contributed by atoms with Gasteiger partial charge in [0.1, 0.15) is 0 Å². The van der Waals surface area contributed by atoms with Crippen LogP contribution in [0.1, 0.15) is 66.2 Å². The van der Waals surface area contributed by atoms with Crippen molar-refractivity contribution in [3.05, 3.63) is 23.3 Å². The molecule has 2 aliphatic rings. The molecular weight excluding hydrogens is 260 g/mol. The first-order valence-electron chi connectivity index (χ1n) is 8.17. The molecule has 0 saturated carbocycles. The molecule has 0 fully saturated rings. The zero-order chi connectivity index (χ0) is 15.6. The first-order chi connectivity index (χ1) is 9.75. The highest BCUT2D eigenvalue weighted by atomic mass is 16.1. The lowest BCUT2D eigenvalue weighted by molar-refractivity contribution is -0.117. The fourth-order valence-electron chi connectivity index (χ4n) is 3.83. The largest absolute Gasteiger partial charge is 0.295 e. The van der Waals surface area contributed by atoms with Gasteiger partial charge in [-0.25, -0.2) is 0 Å². The van der Waals surface area contributed by atoms with Gasteiger partial charge in [-0.3, -0.25) is 9.59 Å². The molecule has 2 nitrogen and oxygen atoms in total. The number of allylic oxidation sites excluding steroid dienone is 4. The van der Waals surface area contributed by atoms with Crippen molar-refractivity contribution in [2.45, 2.75) is 66.2 Å². The Bertz CT molecular complexity index is 494. The second-order valence-electron chi connectivity index (χ2n) is 7.93. The quantitative estimate of drug-likeness (QED) is 0.755. The van der Waals surface area contributed by atoms with Crippen molar-refractivity contribution in [1.29, 1.82) is 0 Å². The molecule has 2 atom stereocenters. The van der Waals surface area contributed by atoms with Crippen LogP contribution in [0.25, 0.3) is 0 Å². The van der Waals surface area contributed by atoms with Crippen molar-refractivity contribution in [2.24, 2.45) is 17.3 Å².